The molecule has 1 aromatic carbocycles. The zero-order chi connectivity index (χ0) is 21.1. The lowest BCUT2D eigenvalue weighted by molar-refractivity contribution is -0.123. The monoisotopic (exact) mass is 424 g/mol. The fourth-order valence-electron chi connectivity index (χ4n) is 3.91. The standard InChI is InChI=1S/C22H24N4O3S/c1-14-7-3-6-10-18(14)26(22(28)17-13-30-25-24-17)20(19-12-11-15(2)29-19)21(27)23-16-8-4-5-9-16/h3,6-7,10-13,16,20H,4-5,8-9H2,1-2H3,(H,23,27)/t20-/m0/s1. The molecule has 2 heterocycles. The maximum Gasteiger partial charge on any atom is 0.280 e. The third kappa shape index (κ3) is 4.14. The minimum Gasteiger partial charge on any atom is -0.464 e. The van der Waals surface area contributed by atoms with Gasteiger partial charge in [-0.1, -0.05) is 35.5 Å². The number of anilines is 1. The van der Waals surface area contributed by atoms with Gasteiger partial charge in [-0.15, -0.1) is 5.10 Å². The highest BCUT2D eigenvalue weighted by molar-refractivity contribution is 7.03. The smallest absolute Gasteiger partial charge is 0.280 e. The highest BCUT2D eigenvalue weighted by atomic mass is 32.1. The molecule has 0 saturated heterocycles. The molecule has 0 spiro atoms. The molecule has 0 unspecified atom stereocenters. The quantitative estimate of drug-likeness (QED) is 0.641. The molecule has 7 nitrogen and oxygen atoms in total. The van der Waals surface area contributed by atoms with E-state index in [2.05, 4.69) is 14.9 Å². The van der Waals surface area contributed by atoms with E-state index in [-0.39, 0.29) is 17.6 Å². The summed E-state index contributed by atoms with van der Waals surface area (Å²) >= 11 is 1.10. The summed E-state index contributed by atoms with van der Waals surface area (Å²) in [7, 11) is 0. The predicted molar refractivity (Wildman–Crippen MR) is 114 cm³/mol. The molecule has 1 fully saturated rings. The molecule has 4 rings (SSSR count). The van der Waals surface area contributed by atoms with E-state index in [0.29, 0.717) is 17.2 Å². The van der Waals surface area contributed by atoms with Crippen LogP contribution in [0.1, 0.15) is 59.3 Å². The average molecular weight is 425 g/mol. The Kier molecular flexibility index (Phi) is 5.94. The first-order valence-electron chi connectivity index (χ1n) is 10.1. The van der Waals surface area contributed by atoms with E-state index in [1.165, 1.54) is 4.90 Å². The summed E-state index contributed by atoms with van der Waals surface area (Å²) in [5.41, 5.74) is 1.71. The predicted octanol–water partition coefficient (Wildman–Crippen LogP) is 4.19. The van der Waals surface area contributed by atoms with E-state index in [9.17, 15) is 9.59 Å². The number of nitrogens with one attached hydrogen (secondary N) is 1. The van der Waals surface area contributed by atoms with Crippen LogP contribution in [-0.2, 0) is 4.79 Å². The van der Waals surface area contributed by atoms with E-state index < -0.39 is 11.9 Å². The Morgan fingerprint density at radius 3 is 2.57 bits per heavy atom. The largest absolute Gasteiger partial charge is 0.464 e. The molecule has 1 aliphatic carbocycles. The summed E-state index contributed by atoms with van der Waals surface area (Å²) in [4.78, 5) is 28.5. The number of benzene rings is 1. The van der Waals surface area contributed by atoms with Crippen molar-refractivity contribution in [1.29, 1.82) is 0 Å². The van der Waals surface area contributed by atoms with Crippen molar-refractivity contribution in [2.24, 2.45) is 0 Å². The summed E-state index contributed by atoms with van der Waals surface area (Å²) in [5, 5.41) is 8.67. The van der Waals surface area contributed by atoms with Gasteiger partial charge in [-0.05, 0) is 62.0 Å². The number of aromatic nitrogens is 2. The third-order valence-corrected chi connectivity index (χ3v) is 5.92. The number of hydrogen-bond donors (Lipinski definition) is 1. The highest BCUT2D eigenvalue weighted by Crippen LogP contribution is 2.33. The van der Waals surface area contributed by atoms with Gasteiger partial charge < -0.3 is 9.73 Å². The van der Waals surface area contributed by atoms with Gasteiger partial charge in [0.2, 0.25) is 0 Å². The number of amides is 2. The van der Waals surface area contributed by atoms with Crippen LogP contribution in [0.2, 0.25) is 0 Å². The molecule has 1 saturated carbocycles. The lowest BCUT2D eigenvalue weighted by atomic mass is 10.1. The van der Waals surface area contributed by atoms with Crippen molar-refractivity contribution in [2.75, 3.05) is 4.90 Å². The van der Waals surface area contributed by atoms with Gasteiger partial charge in [-0.2, -0.15) is 0 Å². The third-order valence-electron chi connectivity index (χ3n) is 5.41. The van der Waals surface area contributed by atoms with Crippen molar-refractivity contribution in [3.63, 3.8) is 0 Å². The summed E-state index contributed by atoms with van der Waals surface area (Å²) in [6.07, 6.45) is 4.09. The SMILES string of the molecule is Cc1ccc([C@@H](C(=O)NC2CCCC2)N(C(=O)c2csnn2)c2ccccc2C)o1. The Balaban J connectivity index is 1.80. The molecule has 156 valence electrons. The molecule has 2 aromatic heterocycles. The number of hydrogen-bond acceptors (Lipinski definition) is 6. The van der Waals surface area contributed by atoms with Crippen molar-refractivity contribution in [3.8, 4) is 0 Å². The molecule has 2 amide bonds. The molecule has 1 aliphatic rings. The minimum atomic E-state index is -0.949. The summed E-state index contributed by atoms with van der Waals surface area (Å²) in [6.45, 7) is 3.73. The van der Waals surface area contributed by atoms with Crippen LogP contribution >= 0.6 is 11.5 Å². The first-order valence-corrected chi connectivity index (χ1v) is 10.9. The van der Waals surface area contributed by atoms with Gasteiger partial charge in [0, 0.05) is 17.1 Å². The van der Waals surface area contributed by atoms with Gasteiger partial charge >= 0.3 is 0 Å². The molecular formula is C22H24N4O3S. The van der Waals surface area contributed by atoms with Gasteiger partial charge in [-0.25, -0.2) is 0 Å². The zero-order valence-corrected chi connectivity index (χ0v) is 17.8. The van der Waals surface area contributed by atoms with Crippen molar-refractivity contribution >= 4 is 29.0 Å². The van der Waals surface area contributed by atoms with Crippen LogP contribution in [0.3, 0.4) is 0 Å². The Labute approximate surface area is 179 Å². The van der Waals surface area contributed by atoms with Crippen LogP contribution in [0.4, 0.5) is 5.69 Å². The Bertz CT molecular complexity index is 1020. The van der Waals surface area contributed by atoms with Crippen molar-refractivity contribution in [1.82, 2.24) is 14.9 Å². The first-order chi connectivity index (χ1) is 14.5. The number of carbonyl (C=O) groups excluding carboxylic acids is 2. The maximum atomic E-state index is 13.5. The summed E-state index contributed by atoms with van der Waals surface area (Å²) < 4.78 is 9.68. The van der Waals surface area contributed by atoms with Crippen molar-refractivity contribution < 1.29 is 14.0 Å². The van der Waals surface area contributed by atoms with E-state index in [1.54, 1.807) is 17.5 Å². The fraction of sp³-hybridized carbons (Fsp3) is 0.364. The van der Waals surface area contributed by atoms with Crippen LogP contribution < -0.4 is 10.2 Å². The van der Waals surface area contributed by atoms with Gasteiger partial charge in [0.1, 0.15) is 11.5 Å². The van der Waals surface area contributed by atoms with Crippen LogP contribution in [0.5, 0.6) is 0 Å². The lowest BCUT2D eigenvalue weighted by Gasteiger charge is -2.31. The average Bonchev–Trinajstić information content (AvgIpc) is 3.49. The lowest BCUT2D eigenvalue weighted by Crippen LogP contribution is -2.46. The number of furan rings is 1. The summed E-state index contributed by atoms with van der Waals surface area (Å²) in [6, 6.07) is 10.2. The van der Waals surface area contributed by atoms with Gasteiger partial charge in [0.05, 0.1) is 0 Å². The van der Waals surface area contributed by atoms with Crippen LogP contribution in [0, 0.1) is 13.8 Å². The molecule has 1 N–H and O–H groups in total. The van der Waals surface area contributed by atoms with Crippen LogP contribution in [-0.4, -0.2) is 27.4 Å². The Morgan fingerprint density at radius 2 is 1.93 bits per heavy atom. The van der Waals surface area contributed by atoms with E-state index >= 15 is 0 Å². The van der Waals surface area contributed by atoms with E-state index in [1.807, 2.05) is 38.1 Å². The van der Waals surface area contributed by atoms with Gasteiger partial charge in [0.25, 0.3) is 11.8 Å². The normalized spacial score (nSPS) is 15.1. The molecule has 1 atom stereocenters. The van der Waals surface area contributed by atoms with Gasteiger partial charge in [-0.3, -0.25) is 14.5 Å². The maximum absolute atomic E-state index is 13.5. The topological polar surface area (TPSA) is 88.3 Å². The van der Waals surface area contributed by atoms with Crippen LogP contribution in [0.15, 0.2) is 46.2 Å². The Morgan fingerprint density at radius 1 is 1.17 bits per heavy atom. The molecule has 0 radical (unpaired) electrons. The molecule has 8 heteroatoms. The number of para-hydroxylation sites is 1. The van der Waals surface area contributed by atoms with Crippen molar-refractivity contribution in [3.05, 3.63) is 64.6 Å². The number of rotatable bonds is 6. The summed E-state index contributed by atoms with van der Waals surface area (Å²) in [5.74, 6) is 0.452. The number of aryl methyl sites for hydroxylation is 2. The molecule has 0 aliphatic heterocycles. The minimum absolute atomic E-state index is 0.117. The van der Waals surface area contributed by atoms with Gasteiger partial charge in [0.15, 0.2) is 11.7 Å². The Hall–Kier alpha value is -3.00. The zero-order valence-electron chi connectivity index (χ0n) is 17.0. The van der Waals surface area contributed by atoms with Crippen LogP contribution in [0.25, 0.3) is 0 Å². The number of carbonyl (C=O) groups is 2. The second-order valence-corrected chi connectivity index (χ2v) is 8.20. The second kappa shape index (κ2) is 8.79. The van der Waals surface area contributed by atoms with E-state index in [0.717, 1.165) is 42.8 Å². The van der Waals surface area contributed by atoms with Crippen molar-refractivity contribution in [2.45, 2.75) is 51.6 Å². The molecule has 3 aromatic rings. The molecule has 30 heavy (non-hydrogen) atoms. The molecular weight excluding hydrogens is 400 g/mol. The second-order valence-electron chi connectivity index (χ2n) is 7.59. The fourth-order valence-corrected chi connectivity index (χ4v) is 4.34. The number of nitrogens with zero attached hydrogens (tertiary/aromatic N) is 3. The highest BCUT2D eigenvalue weighted by Gasteiger charge is 2.38. The first kappa shape index (κ1) is 20.3. The van der Waals surface area contributed by atoms with E-state index in [4.69, 9.17) is 4.42 Å². The molecule has 0 bridgehead atoms.